The molecule has 0 aliphatic heterocycles. The first kappa shape index (κ1) is 20.4. The van der Waals surface area contributed by atoms with Crippen molar-refractivity contribution in [1.29, 1.82) is 0 Å². The molecular weight excluding hydrogens is 392 g/mol. The number of carboxylic acids is 1. The number of carbonyl (C=O) groups is 1. The van der Waals surface area contributed by atoms with Crippen LogP contribution in [0.4, 0.5) is 0 Å². The largest absolute Gasteiger partial charge is 0.481 e. The van der Waals surface area contributed by atoms with Gasteiger partial charge in [-0.2, -0.15) is 8.42 Å². The van der Waals surface area contributed by atoms with Gasteiger partial charge in [-0.1, -0.05) is 60.7 Å². The van der Waals surface area contributed by atoms with Crippen LogP contribution >= 0.6 is 0 Å². The van der Waals surface area contributed by atoms with Gasteiger partial charge in [0, 0.05) is 5.56 Å². The lowest BCUT2D eigenvalue weighted by molar-refractivity contribution is -0.138. The van der Waals surface area contributed by atoms with Crippen molar-refractivity contribution in [2.75, 3.05) is 0 Å². The first-order chi connectivity index (χ1) is 13.9. The van der Waals surface area contributed by atoms with E-state index < -0.39 is 22.0 Å². The van der Waals surface area contributed by atoms with Crippen LogP contribution in [0.3, 0.4) is 0 Å². The molecule has 0 aliphatic carbocycles. The molecule has 0 radical (unpaired) electrons. The third-order valence-electron chi connectivity index (χ3n) is 4.21. The topological polar surface area (TPSA) is 89.9 Å². The summed E-state index contributed by atoms with van der Waals surface area (Å²) in [5, 5.41) is 9.43. The number of carboxylic acid groups (broad SMARTS) is 1. The first-order valence-corrected chi connectivity index (χ1v) is 10.5. The molecule has 7 heteroatoms. The quantitative estimate of drug-likeness (QED) is 0.545. The molecule has 6 nitrogen and oxygen atoms in total. The molecule has 0 aliphatic rings. The zero-order valence-electron chi connectivity index (χ0n) is 15.7. The van der Waals surface area contributed by atoms with Gasteiger partial charge in [0.25, 0.3) is 0 Å². The summed E-state index contributed by atoms with van der Waals surface area (Å²) in [7, 11) is -4.06. The Balaban J connectivity index is 2.00. The summed E-state index contributed by atoms with van der Waals surface area (Å²) in [6, 6.07) is 22.0. The SMILES string of the molecule is CC(C(=O)O)c1cccc(Oc2ccccc2)c1OS(=O)(=O)Cc1ccccc1. The predicted octanol–water partition coefficient (Wildman–Crippen LogP) is 4.58. The van der Waals surface area contributed by atoms with Crippen molar-refractivity contribution in [2.45, 2.75) is 18.6 Å². The van der Waals surface area contributed by atoms with Crippen LogP contribution in [0.5, 0.6) is 17.2 Å². The Morgan fingerprint density at radius 2 is 1.55 bits per heavy atom. The molecule has 0 saturated carbocycles. The normalized spacial score (nSPS) is 12.2. The summed E-state index contributed by atoms with van der Waals surface area (Å²) in [6.45, 7) is 1.46. The van der Waals surface area contributed by atoms with Crippen molar-refractivity contribution in [3.63, 3.8) is 0 Å². The van der Waals surface area contributed by atoms with Crippen LogP contribution in [0.25, 0.3) is 0 Å². The maximum absolute atomic E-state index is 12.7. The number of aliphatic carboxylic acids is 1. The fourth-order valence-electron chi connectivity index (χ4n) is 2.73. The van der Waals surface area contributed by atoms with E-state index >= 15 is 0 Å². The molecule has 0 amide bonds. The van der Waals surface area contributed by atoms with Gasteiger partial charge in [0.05, 0.1) is 5.92 Å². The summed E-state index contributed by atoms with van der Waals surface area (Å²) in [5.41, 5.74) is 0.768. The van der Waals surface area contributed by atoms with Crippen molar-refractivity contribution >= 4 is 16.1 Å². The molecule has 1 unspecified atom stereocenters. The number of rotatable bonds is 8. The molecule has 29 heavy (non-hydrogen) atoms. The third kappa shape index (κ3) is 5.36. The van der Waals surface area contributed by atoms with E-state index in [2.05, 4.69) is 0 Å². The first-order valence-electron chi connectivity index (χ1n) is 8.90. The molecule has 0 spiro atoms. The van der Waals surface area contributed by atoms with Crippen LogP contribution in [-0.4, -0.2) is 19.5 Å². The van der Waals surface area contributed by atoms with E-state index in [0.717, 1.165) is 0 Å². The maximum Gasteiger partial charge on any atom is 0.313 e. The van der Waals surface area contributed by atoms with E-state index in [9.17, 15) is 18.3 Å². The molecule has 3 aromatic rings. The second kappa shape index (κ2) is 8.79. The van der Waals surface area contributed by atoms with E-state index in [0.29, 0.717) is 11.3 Å². The molecule has 1 atom stereocenters. The highest BCUT2D eigenvalue weighted by Gasteiger charge is 2.26. The van der Waals surface area contributed by atoms with Gasteiger partial charge < -0.3 is 14.0 Å². The minimum absolute atomic E-state index is 0.123. The fraction of sp³-hybridized carbons (Fsp3) is 0.136. The van der Waals surface area contributed by atoms with Crippen LogP contribution in [0.2, 0.25) is 0 Å². The molecule has 0 fully saturated rings. The molecule has 3 rings (SSSR count). The van der Waals surface area contributed by atoms with Crippen LogP contribution in [0.1, 0.15) is 24.0 Å². The van der Waals surface area contributed by atoms with Crippen LogP contribution in [0.15, 0.2) is 78.9 Å². The Hall–Kier alpha value is -3.32. The average Bonchev–Trinajstić information content (AvgIpc) is 2.69. The van der Waals surface area contributed by atoms with Gasteiger partial charge in [0.1, 0.15) is 11.5 Å². The Morgan fingerprint density at radius 3 is 2.17 bits per heavy atom. The van der Waals surface area contributed by atoms with Crippen molar-refractivity contribution in [1.82, 2.24) is 0 Å². The second-order valence-electron chi connectivity index (χ2n) is 6.42. The number of para-hydroxylation sites is 2. The number of benzene rings is 3. The number of hydrogen-bond acceptors (Lipinski definition) is 5. The van der Waals surface area contributed by atoms with E-state index in [1.165, 1.54) is 13.0 Å². The van der Waals surface area contributed by atoms with E-state index in [1.54, 1.807) is 66.7 Å². The lowest BCUT2D eigenvalue weighted by atomic mass is 10.00. The molecule has 0 saturated heterocycles. The second-order valence-corrected chi connectivity index (χ2v) is 7.99. The van der Waals surface area contributed by atoms with Crippen molar-refractivity contribution < 1.29 is 27.2 Å². The Morgan fingerprint density at radius 1 is 0.931 bits per heavy atom. The van der Waals surface area contributed by atoms with E-state index in [1.807, 2.05) is 6.07 Å². The van der Waals surface area contributed by atoms with Gasteiger partial charge in [-0.3, -0.25) is 4.79 Å². The zero-order valence-corrected chi connectivity index (χ0v) is 16.5. The average molecular weight is 412 g/mol. The molecule has 0 bridgehead atoms. The van der Waals surface area contributed by atoms with Gasteiger partial charge in [0.2, 0.25) is 0 Å². The number of ether oxygens (including phenoxy) is 1. The summed E-state index contributed by atoms with van der Waals surface area (Å²) in [6.07, 6.45) is 0. The lowest BCUT2D eigenvalue weighted by Gasteiger charge is -2.18. The molecular formula is C22H20O6S. The Bertz CT molecular complexity index is 1080. The van der Waals surface area contributed by atoms with E-state index in [-0.39, 0.29) is 22.8 Å². The summed E-state index contributed by atoms with van der Waals surface area (Å²) in [4.78, 5) is 11.5. The highest BCUT2D eigenvalue weighted by Crippen LogP contribution is 2.39. The summed E-state index contributed by atoms with van der Waals surface area (Å²) in [5.74, 6) is -1.98. The molecule has 3 aromatic carbocycles. The molecule has 0 heterocycles. The van der Waals surface area contributed by atoms with Gasteiger partial charge in [-0.05, 0) is 30.7 Å². The maximum atomic E-state index is 12.7. The molecule has 150 valence electrons. The predicted molar refractivity (Wildman–Crippen MR) is 109 cm³/mol. The van der Waals surface area contributed by atoms with Gasteiger partial charge >= 0.3 is 16.1 Å². The standard InChI is InChI=1S/C22H20O6S/c1-16(22(23)24)19-13-8-14-20(27-18-11-6-3-7-12-18)21(19)28-29(25,26)15-17-9-4-2-5-10-17/h2-14,16H,15H2,1H3,(H,23,24). The smallest absolute Gasteiger partial charge is 0.313 e. The summed E-state index contributed by atoms with van der Waals surface area (Å²) >= 11 is 0. The van der Waals surface area contributed by atoms with Crippen molar-refractivity contribution in [2.24, 2.45) is 0 Å². The van der Waals surface area contributed by atoms with Gasteiger partial charge in [0.15, 0.2) is 11.5 Å². The van der Waals surface area contributed by atoms with Crippen LogP contribution in [0, 0.1) is 0 Å². The van der Waals surface area contributed by atoms with Gasteiger partial charge in [-0.15, -0.1) is 0 Å². The Kier molecular flexibility index (Phi) is 6.19. The van der Waals surface area contributed by atoms with E-state index in [4.69, 9.17) is 8.92 Å². The van der Waals surface area contributed by atoms with Crippen LogP contribution < -0.4 is 8.92 Å². The molecule has 0 aromatic heterocycles. The minimum Gasteiger partial charge on any atom is -0.481 e. The summed E-state index contributed by atoms with van der Waals surface area (Å²) < 4.78 is 36.6. The highest BCUT2D eigenvalue weighted by atomic mass is 32.2. The number of hydrogen-bond donors (Lipinski definition) is 1. The Labute approximate surface area is 169 Å². The lowest BCUT2D eigenvalue weighted by Crippen LogP contribution is -2.16. The fourth-order valence-corrected chi connectivity index (χ4v) is 3.82. The highest BCUT2D eigenvalue weighted by molar-refractivity contribution is 7.86. The molecule has 1 N–H and O–H groups in total. The minimum atomic E-state index is -4.06. The zero-order chi connectivity index (χ0) is 20.9. The van der Waals surface area contributed by atoms with Crippen molar-refractivity contribution in [3.8, 4) is 17.2 Å². The van der Waals surface area contributed by atoms with Gasteiger partial charge in [-0.25, -0.2) is 0 Å². The van der Waals surface area contributed by atoms with Crippen molar-refractivity contribution in [3.05, 3.63) is 90.0 Å². The monoisotopic (exact) mass is 412 g/mol. The third-order valence-corrected chi connectivity index (χ3v) is 5.32. The van der Waals surface area contributed by atoms with Crippen LogP contribution in [-0.2, 0) is 20.7 Å².